The van der Waals surface area contributed by atoms with Crippen molar-refractivity contribution in [3.8, 4) is 0 Å². The number of esters is 1. The fraction of sp³-hybridized carbons (Fsp3) is 0.294. The molecule has 0 saturated heterocycles. The van der Waals surface area contributed by atoms with E-state index >= 15 is 0 Å². The van der Waals surface area contributed by atoms with Gasteiger partial charge in [0.15, 0.2) is 0 Å². The molecule has 0 aliphatic rings. The number of aryl methyl sites for hydroxylation is 2. The summed E-state index contributed by atoms with van der Waals surface area (Å²) in [7, 11) is 6.71. The molecule has 23 heavy (non-hydrogen) atoms. The molecular formula is C17H21N3O3. The number of rotatable bonds is 4. The van der Waals surface area contributed by atoms with Gasteiger partial charge in [0.1, 0.15) is 5.57 Å². The van der Waals surface area contributed by atoms with Crippen molar-refractivity contribution in [1.29, 1.82) is 0 Å². The molecule has 1 aromatic heterocycles. The smallest absolute Gasteiger partial charge is 0.341 e. The molecular weight excluding hydrogens is 294 g/mol. The number of hydrogen-bond donors (Lipinski definition) is 0. The Morgan fingerprint density at radius 3 is 2.48 bits per heavy atom. The van der Waals surface area contributed by atoms with E-state index < -0.39 is 5.97 Å². The van der Waals surface area contributed by atoms with E-state index in [0.29, 0.717) is 16.8 Å². The predicted molar refractivity (Wildman–Crippen MR) is 87.8 cm³/mol. The van der Waals surface area contributed by atoms with Crippen LogP contribution < -0.4 is 5.62 Å². The van der Waals surface area contributed by atoms with E-state index in [1.165, 1.54) is 20.5 Å². The maximum atomic E-state index is 12.0. The van der Waals surface area contributed by atoms with Crippen LogP contribution in [0.3, 0.4) is 0 Å². The number of carbonyl (C=O) groups is 1. The Hall–Kier alpha value is -2.76. The molecule has 122 valence electrons. The van der Waals surface area contributed by atoms with Crippen LogP contribution in [-0.2, 0) is 28.4 Å². The molecule has 0 saturated carbocycles. The molecule has 0 aliphatic heterocycles. The number of benzene rings is 1. The van der Waals surface area contributed by atoms with E-state index in [2.05, 4.69) is 0 Å². The first-order chi connectivity index (χ1) is 11.0. The normalized spacial score (nSPS) is 12.4. The highest BCUT2D eigenvalue weighted by Gasteiger charge is 2.16. The molecule has 0 aliphatic carbocycles. The highest BCUT2D eigenvalue weighted by molar-refractivity contribution is 6.17. The van der Waals surface area contributed by atoms with Crippen molar-refractivity contribution < 1.29 is 14.3 Å². The molecule has 0 fully saturated rings. The molecule has 1 heterocycles. The lowest BCUT2D eigenvalue weighted by molar-refractivity contribution is -0.133. The van der Waals surface area contributed by atoms with Crippen LogP contribution in [0.25, 0.3) is 5.57 Å². The SMILES string of the molecule is COC=C(C(=O)OC)c1ccccc1N=c1n(C)cc(C)n1C. The molecule has 0 amide bonds. The number of ether oxygens (including phenoxy) is 2. The van der Waals surface area contributed by atoms with Crippen LogP contribution in [-0.4, -0.2) is 29.3 Å². The number of aromatic nitrogens is 2. The Balaban J connectivity index is 2.67. The summed E-state index contributed by atoms with van der Waals surface area (Å²) in [6.07, 6.45) is 3.37. The minimum atomic E-state index is -0.470. The molecule has 2 aromatic rings. The highest BCUT2D eigenvalue weighted by atomic mass is 16.5. The van der Waals surface area contributed by atoms with Crippen molar-refractivity contribution in [2.45, 2.75) is 6.92 Å². The monoisotopic (exact) mass is 315 g/mol. The van der Waals surface area contributed by atoms with Crippen LogP contribution in [0.5, 0.6) is 0 Å². The molecule has 0 atom stereocenters. The average Bonchev–Trinajstić information content (AvgIpc) is 2.79. The lowest BCUT2D eigenvalue weighted by Crippen LogP contribution is -2.22. The van der Waals surface area contributed by atoms with Crippen LogP contribution >= 0.6 is 0 Å². The number of para-hydroxylation sites is 1. The zero-order chi connectivity index (χ0) is 17.0. The minimum Gasteiger partial charge on any atom is -0.503 e. The number of hydrogen-bond acceptors (Lipinski definition) is 4. The summed E-state index contributed by atoms with van der Waals surface area (Å²) >= 11 is 0. The van der Waals surface area contributed by atoms with Gasteiger partial charge in [0, 0.05) is 31.5 Å². The molecule has 0 unspecified atom stereocenters. The molecule has 0 bridgehead atoms. The van der Waals surface area contributed by atoms with Gasteiger partial charge in [-0.1, -0.05) is 18.2 Å². The van der Waals surface area contributed by atoms with Gasteiger partial charge < -0.3 is 18.6 Å². The minimum absolute atomic E-state index is 0.322. The first-order valence-corrected chi connectivity index (χ1v) is 7.14. The van der Waals surface area contributed by atoms with Gasteiger partial charge in [-0.05, 0) is 13.0 Å². The number of nitrogens with zero attached hydrogens (tertiary/aromatic N) is 3. The van der Waals surface area contributed by atoms with Crippen LogP contribution in [0.1, 0.15) is 11.3 Å². The summed E-state index contributed by atoms with van der Waals surface area (Å²) < 4.78 is 13.8. The highest BCUT2D eigenvalue weighted by Crippen LogP contribution is 2.26. The fourth-order valence-corrected chi connectivity index (χ4v) is 2.33. The van der Waals surface area contributed by atoms with Crippen molar-refractivity contribution in [1.82, 2.24) is 9.13 Å². The average molecular weight is 315 g/mol. The van der Waals surface area contributed by atoms with Gasteiger partial charge in [-0.15, -0.1) is 0 Å². The summed E-state index contributed by atoms with van der Waals surface area (Å²) in [6.45, 7) is 2.01. The van der Waals surface area contributed by atoms with E-state index in [1.807, 2.05) is 60.6 Å². The van der Waals surface area contributed by atoms with Gasteiger partial charge in [-0.2, -0.15) is 0 Å². The van der Waals surface area contributed by atoms with Crippen LogP contribution in [0.2, 0.25) is 0 Å². The van der Waals surface area contributed by atoms with Gasteiger partial charge in [0.05, 0.1) is 26.2 Å². The standard InChI is InChI=1S/C17H21N3O3/c1-12-10-19(2)17(20(12)3)18-15-9-7-6-8-13(15)14(11-22-4)16(21)23-5/h6-11H,1-5H3. The zero-order valence-corrected chi connectivity index (χ0v) is 14.0. The topological polar surface area (TPSA) is 57.8 Å². The quantitative estimate of drug-likeness (QED) is 0.493. The molecule has 6 nitrogen and oxygen atoms in total. The first kappa shape index (κ1) is 16.6. The summed E-state index contributed by atoms with van der Waals surface area (Å²) in [6, 6.07) is 7.39. The third kappa shape index (κ3) is 3.36. The number of methoxy groups -OCH3 is 2. The summed E-state index contributed by atoms with van der Waals surface area (Å²) in [5.41, 5.74) is 3.50. The fourth-order valence-electron chi connectivity index (χ4n) is 2.33. The summed E-state index contributed by atoms with van der Waals surface area (Å²) in [4.78, 5) is 16.7. The third-order valence-electron chi connectivity index (χ3n) is 3.58. The van der Waals surface area contributed by atoms with Gasteiger partial charge in [0.2, 0.25) is 5.62 Å². The summed E-state index contributed by atoms with van der Waals surface area (Å²) in [5.74, 6) is -0.470. The Morgan fingerprint density at radius 1 is 1.22 bits per heavy atom. The lowest BCUT2D eigenvalue weighted by atomic mass is 10.1. The van der Waals surface area contributed by atoms with Crippen molar-refractivity contribution in [2.75, 3.05) is 14.2 Å². The molecule has 2 rings (SSSR count). The molecule has 6 heteroatoms. The maximum Gasteiger partial charge on any atom is 0.341 e. The molecule has 1 aromatic carbocycles. The second kappa shape index (κ2) is 7.00. The molecule has 0 spiro atoms. The Morgan fingerprint density at radius 2 is 1.91 bits per heavy atom. The van der Waals surface area contributed by atoms with Crippen LogP contribution in [0.4, 0.5) is 5.69 Å². The number of imidazole rings is 1. The second-order valence-electron chi connectivity index (χ2n) is 5.13. The molecule has 0 N–H and O–H groups in total. The van der Waals surface area contributed by atoms with Crippen LogP contribution in [0, 0.1) is 6.92 Å². The first-order valence-electron chi connectivity index (χ1n) is 7.14. The van der Waals surface area contributed by atoms with Crippen LogP contribution in [0.15, 0.2) is 41.7 Å². The van der Waals surface area contributed by atoms with E-state index in [1.54, 1.807) is 0 Å². The largest absolute Gasteiger partial charge is 0.503 e. The van der Waals surface area contributed by atoms with Gasteiger partial charge in [-0.3, -0.25) is 0 Å². The second-order valence-corrected chi connectivity index (χ2v) is 5.13. The lowest BCUT2D eigenvalue weighted by Gasteiger charge is -2.08. The Bertz CT molecular complexity index is 813. The van der Waals surface area contributed by atoms with Crippen molar-refractivity contribution in [3.05, 3.63) is 53.6 Å². The van der Waals surface area contributed by atoms with Gasteiger partial charge >= 0.3 is 5.97 Å². The van der Waals surface area contributed by atoms with Gasteiger partial charge in [-0.25, -0.2) is 9.79 Å². The van der Waals surface area contributed by atoms with Crippen molar-refractivity contribution in [2.24, 2.45) is 19.1 Å². The number of carbonyl (C=O) groups excluding carboxylic acids is 1. The Kier molecular flexibility index (Phi) is 5.05. The van der Waals surface area contributed by atoms with E-state index in [4.69, 9.17) is 14.5 Å². The van der Waals surface area contributed by atoms with E-state index in [9.17, 15) is 4.79 Å². The third-order valence-corrected chi connectivity index (χ3v) is 3.58. The maximum absolute atomic E-state index is 12.0. The zero-order valence-electron chi connectivity index (χ0n) is 14.0. The van der Waals surface area contributed by atoms with Crippen molar-refractivity contribution >= 4 is 17.2 Å². The molecule has 0 radical (unpaired) electrons. The van der Waals surface area contributed by atoms with Gasteiger partial charge in [0.25, 0.3) is 0 Å². The predicted octanol–water partition coefficient (Wildman–Crippen LogP) is 2.06. The van der Waals surface area contributed by atoms with Crippen molar-refractivity contribution in [3.63, 3.8) is 0 Å². The van der Waals surface area contributed by atoms with E-state index in [-0.39, 0.29) is 0 Å². The Labute approximate surface area is 135 Å². The summed E-state index contributed by atoms with van der Waals surface area (Å²) in [5, 5.41) is 0. The van der Waals surface area contributed by atoms with E-state index in [0.717, 1.165) is 11.3 Å².